The summed E-state index contributed by atoms with van der Waals surface area (Å²) >= 11 is 0. The number of aromatic nitrogens is 1. The van der Waals surface area contributed by atoms with Gasteiger partial charge in [-0.15, -0.1) is 0 Å². The number of aliphatic imine (C=N–C) groups is 2. The summed E-state index contributed by atoms with van der Waals surface area (Å²) in [6.45, 7) is 10.4. The van der Waals surface area contributed by atoms with E-state index in [0.29, 0.717) is 25.1 Å². The quantitative estimate of drug-likeness (QED) is 0.745. The zero-order valence-corrected chi connectivity index (χ0v) is 19.3. The maximum atomic E-state index is 5.81. The van der Waals surface area contributed by atoms with Gasteiger partial charge in [-0.25, -0.2) is 9.98 Å². The van der Waals surface area contributed by atoms with Crippen LogP contribution in [0.15, 0.2) is 28.3 Å². The van der Waals surface area contributed by atoms with Gasteiger partial charge in [0.15, 0.2) is 5.84 Å². The van der Waals surface area contributed by atoms with Crippen LogP contribution in [-0.4, -0.2) is 43.3 Å². The molecule has 2 heterocycles. The van der Waals surface area contributed by atoms with E-state index < -0.39 is 0 Å². The predicted molar refractivity (Wildman–Crippen MR) is 128 cm³/mol. The maximum absolute atomic E-state index is 5.81. The molecule has 6 nitrogen and oxygen atoms in total. The number of amidine groups is 1. The summed E-state index contributed by atoms with van der Waals surface area (Å²) in [5.74, 6) is 2.68. The fourth-order valence-electron chi connectivity index (χ4n) is 4.68. The fraction of sp³-hybridized carbons (Fsp3) is 0.480. The molecule has 1 aromatic carbocycles. The molecule has 31 heavy (non-hydrogen) atoms. The van der Waals surface area contributed by atoms with Crippen LogP contribution in [0, 0.1) is 19.3 Å². The molecule has 0 atom stereocenters. The Kier molecular flexibility index (Phi) is 5.84. The van der Waals surface area contributed by atoms with E-state index in [2.05, 4.69) is 45.1 Å². The zero-order chi connectivity index (χ0) is 22.2. The number of pyridine rings is 1. The number of fused-ring (bicyclic) bond motifs is 1. The standard InChI is InChI=1S/C25H33N5O/c1-15-10-17(11-16(2)22(15)31-9-8-26)23-29-14-21(30-23)20-13-28-24(27-5)19-12-25(3,4)7-6-18(19)20/h10-11,13H,6-9,12,14,26H2,1-5H3,(H,27,28). The van der Waals surface area contributed by atoms with E-state index in [1.165, 1.54) is 17.5 Å². The van der Waals surface area contributed by atoms with Crippen LogP contribution in [0.2, 0.25) is 0 Å². The van der Waals surface area contributed by atoms with Gasteiger partial charge in [-0.2, -0.15) is 0 Å². The van der Waals surface area contributed by atoms with Gasteiger partial charge in [-0.3, -0.25) is 4.99 Å². The Morgan fingerprint density at radius 1 is 1.16 bits per heavy atom. The van der Waals surface area contributed by atoms with Crippen LogP contribution in [0.5, 0.6) is 5.75 Å². The monoisotopic (exact) mass is 419 g/mol. The molecule has 1 aromatic heterocycles. The number of nitrogens with zero attached hydrogens (tertiary/aromatic N) is 3. The molecule has 0 amide bonds. The molecule has 0 fully saturated rings. The topological polar surface area (TPSA) is 84.9 Å². The average Bonchev–Trinajstić information content (AvgIpc) is 3.21. The van der Waals surface area contributed by atoms with Crippen LogP contribution in [0.25, 0.3) is 0 Å². The van der Waals surface area contributed by atoms with Crippen LogP contribution in [0.4, 0.5) is 5.82 Å². The van der Waals surface area contributed by atoms with Crippen LogP contribution in [0.1, 0.15) is 53.6 Å². The molecule has 0 spiro atoms. The number of aryl methyl sites for hydroxylation is 2. The minimum Gasteiger partial charge on any atom is -0.492 e. The minimum absolute atomic E-state index is 0.292. The fourth-order valence-corrected chi connectivity index (χ4v) is 4.68. The number of nitrogens with one attached hydrogen (secondary N) is 1. The van der Waals surface area contributed by atoms with Crippen molar-refractivity contribution >= 4 is 17.4 Å². The van der Waals surface area contributed by atoms with Crippen molar-refractivity contribution in [3.05, 3.63) is 51.7 Å². The second-order valence-corrected chi connectivity index (χ2v) is 9.34. The third-order valence-electron chi connectivity index (χ3n) is 6.26. The van der Waals surface area contributed by atoms with Gasteiger partial charge in [0.05, 0.1) is 12.3 Å². The van der Waals surface area contributed by atoms with E-state index >= 15 is 0 Å². The SMILES string of the molecule is CNc1ncc(C2=NC(c3cc(C)c(OCCN)c(C)c3)=NC2)c2c1CC(C)(C)CC2. The molecule has 0 bridgehead atoms. The summed E-state index contributed by atoms with van der Waals surface area (Å²) in [4.78, 5) is 14.4. The number of hydrogen-bond acceptors (Lipinski definition) is 6. The molecular formula is C25H33N5O. The highest BCUT2D eigenvalue weighted by Gasteiger charge is 2.30. The molecule has 2 aromatic rings. The van der Waals surface area contributed by atoms with Gasteiger partial charge in [0, 0.05) is 30.9 Å². The Hall–Kier alpha value is -2.73. The molecule has 0 saturated carbocycles. The normalized spacial score (nSPS) is 17.1. The van der Waals surface area contributed by atoms with Crippen molar-refractivity contribution < 1.29 is 4.74 Å². The van der Waals surface area contributed by atoms with Crippen LogP contribution < -0.4 is 15.8 Å². The highest BCUT2D eigenvalue weighted by molar-refractivity contribution is 6.17. The lowest BCUT2D eigenvalue weighted by molar-refractivity contribution is 0.315. The Labute approximate surface area is 185 Å². The van der Waals surface area contributed by atoms with Crippen molar-refractivity contribution in [1.29, 1.82) is 0 Å². The highest BCUT2D eigenvalue weighted by atomic mass is 16.5. The first-order valence-corrected chi connectivity index (χ1v) is 11.1. The molecule has 164 valence electrons. The molecule has 4 rings (SSSR count). The Morgan fingerprint density at radius 2 is 1.90 bits per heavy atom. The van der Waals surface area contributed by atoms with E-state index in [4.69, 9.17) is 25.4 Å². The number of benzene rings is 1. The molecule has 0 radical (unpaired) electrons. The molecular weight excluding hydrogens is 386 g/mol. The van der Waals surface area contributed by atoms with Gasteiger partial charge < -0.3 is 15.8 Å². The van der Waals surface area contributed by atoms with Gasteiger partial charge >= 0.3 is 0 Å². The van der Waals surface area contributed by atoms with Crippen molar-refractivity contribution in [3.63, 3.8) is 0 Å². The molecule has 1 aliphatic heterocycles. The van der Waals surface area contributed by atoms with Crippen LogP contribution >= 0.6 is 0 Å². The van der Waals surface area contributed by atoms with Crippen LogP contribution in [-0.2, 0) is 12.8 Å². The number of nitrogens with two attached hydrogens (primary N) is 1. The number of hydrogen-bond donors (Lipinski definition) is 2. The largest absolute Gasteiger partial charge is 0.492 e. The van der Waals surface area contributed by atoms with E-state index in [1.807, 2.05) is 13.2 Å². The first kappa shape index (κ1) is 21.5. The smallest absolute Gasteiger partial charge is 0.155 e. The highest BCUT2D eigenvalue weighted by Crippen LogP contribution is 2.39. The second kappa shape index (κ2) is 8.42. The first-order chi connectivity index (χ1) is 14.8. The number of rotatable bonds is 6. The van der Waals surface area contributed by atoms with Crippen molar-refractivity contribution in [2.45, 2.75) is 47.0 Å². The molecule has 2 aliphatic rings. The Bertz CT molecular complexity index is 1040. The molecule has 0 unspecified atom stereocenters. The maximum Gasteiger partial charge on any atom is 0.155 e. The lowest BCUT2D eigenvalue weighted by atomic mass is 9.73. The van der Waals surface area contributed by atoms with Crippen LogP contribution in [0.3, 0.4) is 0 Å². The minimum atomic E-state index is 0.292. The van der Waals surface area contributed by atoms with Crippen molar-refractivity contribution in [2.24, 2.45) is 21.1 Å². The summed E-state index contributed by atoms with van der Waals surface area (Å²) < 4.78 is 5.81. The summed E-state index contributed by atoms with van der Waals surface area (Å²) in [7, 11) is 1.95. The van der Waals surface area contributed by atoms with Gasteiger partial charge in [0.25, 0.3) is 0 Å². The third-order valence-corrected chi connectivity index (χ3v) is 6.26. The third kappa shape index (κ3) is 4.22. The lowest BCUT2D eigenvalue weighted by Crippen LogP contribution is -2.26. The van der Waals surface area contributed by atoms with Crippen molar-refractivity contribution in [2.75, 3.05) is 32.1 Å². The molecule has 0 saturated heterocycles. The Morgan fingerprint density at radius 3 is 2.58 bits per heavy atom. The Balaban J connectivity index is 1.66. The van der Waals surface area contributed by atoms with Crippen molar-refractivity contribution in [1.82, 2.24) is 4.98 Å². The van der Waals surface area contributed by atoms with Gasteiger partial charge in [0.1, 0.15) is 18.2 Å². The zero-order valence-electron chi connectivity index (χ0n) is 19.3. The summed E-state index contributed by atoms with van der Waals surface area (Å²) in [5, 5.41) is 3.28. The van der Waals surface area contributed by atoms with E-state index in [1.54, 1.807) is 0 Å². The van der Waals surface area contributed by atoms with Gasteiger partial charge in [-0.1, -0.05) is 13.8 Å². The first-order valence-electron chi connectivity index (χ1n) is 11.1. The van der Waals surface area contributed by atoms with Crippen molar-refractivity contribution in [3.8, 4) is 5.75 Å². The van der Waals surface area contributed by atoms with Gasteiger partial charge in [0.2, 0.25) is 0 Å². The summed E-state index contributed by atoms with van der Waals surface area (Å²) in [6.07, 6.45) is 5.22. The van der Waals surface area contributed by atoms with Gasteiger partial charge in [-0.05, 0) is 72.9 Å². The van der Waals surface area contributed by atoms with E-state index in [-0.39, 0.29) is 0 Å². The molecule has 1 aliphatic carbocycles. The van der Waals surface area contributed by atoms with E-state index in [0.717, 1.165) is 58.2 Å². The summed E-state index contributed by atoms with van der Waals surface area (Å²) in [6, 6.07) is 4.20. The summed E-state index contributed by atoms with van der Waals surface area (Å²) in [5.41, 5.74) is 13.9. The van der Waals surface area contributed by atoms with E-state index in [9.17, 15) is 0 Å². The molecule has 6 heteroatoms. The predicted octanol–water partition coefficient (Wildman–Crippen LogP) is 3.84. The number of ether oxygens (including phenoxy) is 1. The lowest BCUT2D eigenvalue weighted by Gasteiger charge is -2.33. The number of anilines is 1. The average molecular weight is 420 g/mol. The second-order valence-electron chi connectivity index (χ2n) is 9.34. The molecule has 3 N–H and O–H groups in total.